The van der Waals surface area contributed by atoms with Gasteiger partial charge in [0.15, 0.2) is 11.4 Å². The molecule has 0 spiro atoms. The Morgan fingerprint density at radius 1 is 1.62 bits per heavy atom. The summed E-state index contributed by atoms with van der Waals surface area (Å²) in [6, 6.07) is 0. The largest absolute Gasteiger partial charge is 0.369 e. The van der Waals surface area contributed by atoms with Gasteiger partial charge in [-0.15, -0.1) is 11.3 Å². The molecule has 0 aliphatic heterocycles. The molecule has 13 heavy (non-hydrogen) atoms. The summed E-state index contributed by atoms with van der Waals surface area (Å²) in [6.45, 7) is 1.84. The third-order valence-electron chi connectivity index (χ3n) is 1.19. The maximum atomic E-state index is 9.31. The van der Waals surface area contributed by atoms with Gasteiger partial charge in [-0.3, -0.25) is 0 Å². The van der Waals surface area contributed by atoms with Gasteiger partial charge in [0.25, 0.3) is 0 Å². The molecule has 0 saturated carbocycles. The van der Waals surface area contributed by atoms with Gasteiger partial charge in [0.1, 0.15) is 0 Å². The molecular weight excluding hydrogens is 255 g/mol. The maximum absolute atomic E-state index is 9.31. The highest BCUT2D eigenvalue weighted by atomic mass is 35.6. The van der Waals surface area contributed by atoms with Crippen LogP contribution in [0.2, 0.25) is 0 Å². The van der Waals surface area contributed by atoms with Crippen LogP contribution in [0.4, 0.5) is 5.13 Å². The van der Waals surface area contributed by atoms with Crippen LogP contribution in [0.1, 0.15) is 5.69 Å². The number of aryl methyl sites for hydroxylation is 1. The van der Waals surface area contributed by atoms with Gasteiger partial charge >= 0.3 is 0 Å². The number of nitrogens with zero attached hydrogens (tertiary/aromatic N) is 1. The second-order valence-electron chi connectivity index (χ2n) is 2.38. The second kappa shape index (κ2) is 4.19. The summed E-state index contributed by atoms with van der Waals surface area (Å²) in [5, 5.41) is 14.2. The van der Waals surface area contributed by atoms with E-state index in [2.05, 4.69) is 10.3 Å². The zero-order valence-corrected chi connectivity index (χ0v) is 9.68. The molecule has 3 nitrogen and oxygen atoms in total. The summed E-state index contributed by atoms with van der Waals surface area (Å²) in [5.74, 6) is 0. The number of nitrogens with one attached hydrogen (secondary N) is 1. The van der Waals surface area contributed by atoms with E-state index >= 15 is 0 Å². The van der Waals surface area contributed by atoms with Gasteiger partial charge in [-0.2, -0.15) is 0 Å². The number of halogens is 3. The predicted octanol–water partition coefficient (Wildman–Crippen LogP) is 2.55. The van der Waals surface area contributed by atoms with E-state index in [0.29, 0.717) is 5.13 Å². The van der Waals surface area contributed by atoms with Gasteiger partial charge in [-0.25, -0.2) is 4.98 Å². The van der Waals surface area contributed by atoms with Gasteiger partial charge in [-0.05, 0) is 6.92 Å². The van der Waals surface area contributed by atoms with Crippen LogP contribution in [0.15, 0.2) is 5.38 Å². The van der Waals surface area contributed by atoms with Crippen LogP contribution in [0.3, 0.4) is 0 Å². The van der Waals surface area contributed by atoms with Crippen LogP contribution in [0, 0.1) is 6.92 Å². The third-order valence-corrected chi connectivity index (χ3v) is 2.70. The molecule has 1 rings (SSSR count). The second-order valence-corrected chi connectivity index (χ2v) is 5.61. The fourth-order valence-electron chi connectivity index (χ4n) is 0.619. The molecule has 7 heteroatoms. The number of thiazole rings is 1. The lowest BCUT2D eigenvalue weighted by Gasteiger charge is -2.19. The molecule has 0 aromatic carbocycles. The summed E-state index contributed by atoms with van der Waals surface area (Å²) in [4.78, 5) is 4.04. The minimum atomic E-state index is -1.75. The Labute approximate surface area is 94.6 Å². The SMILES string of the molecule is Cc1csc(N[C@@H](O)C(Cl)(Cl)Cl)n1. The Morgan fingerprint density at radius 2 is 2.23 bits per heavy atom. The molecule has 0 radical (unpaired) electrons. The first kappa shape index (κ1) is 11.3. The van der Waals surface area contributed by atoms with Gasteiger partial charge in [0.05, 0.1) is 5.69 Å². The minimum Gasteiger partial charge on any atom is -0.369 e. The number of aliphatic hydroxyl groups is 1. The van der Waals surface area contributed by atoms with Crippen molar-refractivity contribution in [2.45, 2.75) is 16.9 Å². The number of hydrogen-bond acceptors (Lipinski definition) is 4. The smallest absolute Gasteiger partial charge is 0.234 e. The van der Waals surface area contributed by atoms with Crippen LogP contribution >= 0.6 is 46.1 Å². The maximum Gasteiger partial charge on any atom is 0.234 e. The molecule has 0 aliphatic rings. The fourth-order valence-corrected chi connectivity index (χ4v) is 1.49. The van der Waals surface area contributed by atoms with Crippen molar-refractivity contribution in [2.75, 3.05) is 5.32 Å². The average Bonchev–Trinajstić information content (AvgIpc) is 2.33. The van der Waals surface area contributed by atoms with E-state index in [1.807, 2.05) is 12.3 Å². The van der Waals surface area contributed by atoms with E-state index in [1.165, 1.54) is 11.3 Å². The predicted molar refractivity (Wildman–Crippen MR) is 56.8 cm³/mol. The lowest BCUT2D eigenvalue weighted by atomic mass is 10.6. The molecule has 0 unspecified atom stereocenters. The van der Waals surface area contributed by atoms with Crippen LogP contribution in [-0.2, 0) is 0 Å². The van der Waals surface area contributed by atoms with Gasteiger partial charge in [0.2, 0.25) is 3.79 Å². The molecule has 74 valence electrons. The van der Waals surface area contributed by atoms with Gasteiger partial charge in [-0.1, -0.05) is 34.8 Å². The molecule has 0 fully saturated rings. The molecule has 1 heterocycles. The van der Waals surface area contributed by atoms with E-state index in [-0.39, 0.29) is 0 Å². The van der Waals surface area contributed by atoms with Crippen molar-refractivity contribution in [2.24, 2.45) is 0 Å². The Bertz CT molecular complexity index is 286. The standard InChI is InChI=1S/C6H7Cl3N2OS/c1-3-2-13-5(10-3)11-4(12)6(7,8)9/h2,4,12H,1H3,(H,10,11)/t4-/m0/s1. The number of hydrogen-bond donors (Lipinski definition) is 2. The van der Waals surface area contributed by atoms with Gasteiger partial charge < -0.3 is 10.4 Å². The quantitative estimate of drug-likeness (QED) is 0.635. The third kappa shape index (κ3) is 3.48. The van der Waals surface area contributed by atoms with Crippen LogP contribution in [0.5, 0.6) is 0 Å². The lowest BCUT2D eigenvalue weighted by molar-refractivity contribution is 0.208. The molecule has 0 saturated heterocycles. The molecule has 1 aromatic rings. The molecule has 1 atom stereocenters. The van der Waals surface area contributed by atoms with Crippen molar-refractivity contribution in [3.8, 4) is 0 Å². The van der Waals surface area contributed by atoms with Crippen molar-refractivity contribution in [3.63, 3.8) is 0 Å². The highest BCUT2D eigenvalue weighted by molar-refractivity contribution is 7.13. The molecule has 2 N–H and O–H groups in total. The summed E-state index contributed by atoms with van der Waals surface area (Å²) in [5.41, 5.74) is 0.851. The first-order chi connectivity index (χ1) is 5.89. The zero-order valence-electron chi connectivity index (χ0n) is 6.59. The van der Waals surface area contributed by atoms with Crippen LogP contribution < -0.4 is 5.32 Å². The summed E-state index contributed by atoms with van der Waals surface area (Å²) >= 11 is 17.6. The Hall–Kier alpha value is 0.260. The number of alkyl halides is 3. The van der Waals surface area contributed by atoms with E-state index in [4.69, 9.17) is 34.8 Å². The van der Waals surface area contributed by atoms with Crippen LogP contribution in [0.25, 0.3) is 0 Å². The van der Waals surface area contributed by atoms with Crippen molar-refractivity contribution < 1.29 is 5.11 Å². The van der Waals surface area contributed by atoms with Crippen molar-refractivity contribution in [1.29, 1.82) is 0 Å². The fraction of sp³-hybridized carbons (Fsp3) is 0.500. The number of anilines is 1. The molecule has 0 bridgehead atoms. The molecule has 1 aromatic heterocycles. The van der Waals surface area contributed by atoms with E-state index < -0.39 is 10.0 Å². The van der Waals surface area contributed by atoms with Crippen LogP contribution in [-0.4, -0.2) is 20.1 Å². The Balaban J connectivity index is 2.60. The lowest BCUT2D eigenvalue weighted by Crippen LogP contribution is -2.33. The number of aromatic nitrogens is 1. The summed E-state index contributed by atoms with van der Waals surface area (Å²) in [7, 11) is 0. The normalized spacial score (nSPS) is 14.2. The highest BCUT2D eigenvalue weighted by Gasteiger charge is 2.31. The van der Waals surface area contributed by atoms with E-state index in [1.54, 1.807) is 0 Å². The topological polar surface area (TPSA) is 45.1 Å². The van der Waals surface area contributed by atoms with E-state index in [0.717, 1.165) is 5.69 Å². The Kier molecular flexibility index (Phi) is 3.65. The first-order valence-corrected chi connectivity index (χ1v) is 5.34. The average molecular weight is 262 g/mol. The number of rotatable bonds is 2. The van der Waals surface area contributed by atoms with E-state index in [9.17, 15) is 5.11 Å². The minimum absolute atomic E-state index is 0.524. The van der Waals surface area contributed by atoms with Crippen molar-refractivity contribution in [1.82, 2.24) is 4.98 Å². The zero-order chi connectivity index (χ0) is 10.1. The Morgan fingerprint density at radius 3 is 2.62 bits per heavy atom. The number of aliphatic hydroxyl groups excluding tert-OH is 1. The first-order valence-electron chi connectivity index (χ1n) is 3.33. The van der Waals surface area contributed by atoms with Crippen molar-refractivity contribution >= 4 is 51.3 Å². The van der Waals surface area contributed by atoms with Gasteiger partial charge in [0, 0.05) is 5.38 Å². The monoisotopic (exact) mass is 260 g/mol. The summed E-state index contributed by atoms with van der Waals surface area (Å²) in [6.07, 6.45) is -1.26. The highest BCUT2D eigenvalue weighted by Crippen LogP contribution is 2.31. The molecule has 0 aliphatic carbocycles. The molecule has 0 amide bonds. The molecular formula is C6H7Cl3N2OS. The van der Waals surface area contributed by atoms with Crippen molar-refractivity contribution in [3.05, 3.63) is 11.1 Å². The summed E-state index contributed by atoms with van der Waals surface area (Å²) < 4.78 is -1.75.